The Bertz CT molecular complexity index is 664. The Morgan fingerprint density at radius 3 is 2.00 bits per heavy atom. The van der Waals surface area contributed by atoms with Crippen molar-refractivity contribution in [3.8, 4) is 12.1 Å². The molecule has 2 aromatic rings. The molecular formula is C16H10FIN2. The Morgan fingerprint density at radius 1 is 0.950 bits per heavy atom. The van der Waals surface area contributed by atoms with Crippen molar-refractivity contribution in [2.45, 2.75) is 11.8 Å². The molecule has 0 aliphatic heterocycles. The average Bonchev–Trinajstić information content (AvgIpc) is 2.48. The Labute approximate surface area is 130 Å². The van der Waals surface area contributed by atoms with Gasteiger partial charge in [-0.3, -0.25) is 0 Å². The van der Waals surface area contributed by atoms with Gasteiger partial charge in [0.25, 0.3) is 0 Å². The summed E-state index contributed by atoms with van der Waals surface area (Å²) in [4.78, 5) is 0. The second kappa shape index (κ2) is 6.02. The summed E-state index contributed by atoms with van der Waals surface area (Å²) in [6.45, 7) is 0. The van der Waals surface area contributed by atoms with Crippen LogP contribution >= 0.6 is 22.6 Å². The lowest BCUT2D eigenvalue weighted by Gasteiger charge is -2.19. The van der Waals surface area contributed by atoms with Gasteiger partial charge < -0.3 is 0 Å². The maximum absolute atomic E-state index is 13.0. The molecule has 0 N–H and O–H groups in total. The average molecular weight is 376 g/mol. The highest BCUT2D eigenvalue weighted by Crippen LogP contribution is 2.28. The van der Waals surface area contributed by atoms with Crippen molar-refractivity contribution in [2.75, 3.05) is 0 Å². The van der Waals surface area contributed by atoms with Gasteiger partial charge in [0.05, 0.1) is 12.1 Å². The van der Waals surface area contributed by atoms with Crippen LogP contribution in [0.4, 0.5) is 4.39 Å². The molecule has 0 aliphatic rings. The summed E-state index contributed by atoms with van der Waals surface area (Å²) in [5.41, 5.74) is 0.126. The van der Waals surface area contributed by atoms with E-state index in [1.54, 1.807) is 0 Å². The van der Waals surface area contributed by atoms with Crippen molar-refractivity contribution in [3.05, 3.63) is 69.0 Å². The minimum atomic E-state index is -1.29. The molecule has 20 heavy (non-hydrogen) atoms. The highest BCUT2D eigenvalue weighted by molar-refractivity contribution is 14.1. The van der Waals surface area contributed by atoms with Crippen molar-refractivity contribution in [1.29, 1.82) is 10.5 Å². The third-order valence-electron chi connectivity index (χ3n) is 3.10. The molecule has 0 amide bonds. The predicted molar refractivity (Wildman–Crippen MR) is 82.2 cm³/mol. The second-order valence-electron chi connectivity index (χ2n) is 4.44. The summed E-state index contributed by atoms with van der Waals surface area (Å²) >= 11 is 2.20. The van der Waals surface area contributed by atoms with Gasteiger partial charge in [-0.1, -0.05) is 24.3 Å². The van der Waals surface area contributed by atoms with Gasteiger partial charge in [0.15, 0.2) is 5.41 Å². The quantitative estimate of drug-likeness (QED) is 0.762. The lowest BCUT2D eigenvalue weighted by molar-refractivity contribution is 0.623. The van der Waals surface area contributed by atoms with E-state index >= 15 is 0 Å². The van der Waals surface area contributed by atoms with Crippen LogP contribution in [0.15, 0.2) is 48.5 Å². The summed E-state index contributed by atoms with van der Waals surface area (Å²) in [5.74, 6) is -0.382. The van der Waals surface area contributed by atoms with E-state index in [4.69, 9.17) is 0 Å². The molecule has 0 unspecified atom stereocenters. The largest absolute Gasteiger partial charge is 0.207 e. The van der Waals surface area contributed by atoms with E-state index in [-0.39, 0.29) is 12.2 Å². The van der Waals surface area contributed by atoms with E-state index in [0.29, 0.717) is 5.56 Å². The summed E-state index contributed by atoms with van der Waals surface area (Å²) in [6.07, 6.45) is 0.280. The molecule has 0 saturated carbocycles. The zero-order valence-corrected chi connectivity index (χ0v) is 12.6. The number of hydrogen-bond donors (Lipinski definition) is 0. The fourth-order valence-corrected chi connectivity index (χ4v) is 2.34. The lowest BCUT2D eigenvalue weighted by Crippen LogP contribution is -2.25. The zero-order valence-electron chi connectivity index (χ0n) is 10.5. The highest BCUT2D eigenvalue weighted by atomic mass is 127. The van der Waals surface area contributed by atoms with Crippen molar-refractivity contribution in [1.82, 2.24) is 0 Å². The lowest BCUT2D eigenvalue weighted by atomic mass is 9.78. The SMILES string of the molecule is N#CC(C#N)(Cc1ccc(I)cc1)c1ccc(F)cc1. The van der Waals surface area contributed by atoms with Crippen LogP contribution in [0.1, 0.15) is 11.1 Å². The summed E-state index contributed by atoms with van der Waals surface area (Å²) in [6, 6.07) is 17.3. The summed E-state index contributed by atoms with van der Waals surface area (Å²) < 4.78 is 14.1. The van der Waals surface area contributed by atoms with Crippen molar-refractivity contribution >= 4 is 22.6 Å². The molecule has 0 radical (unpaired) electrons. The van der Waals surface area contributed by atoms with Crippen molar-refractivity contribution < 1.29 is 4.39 Å². The smallest absolute Gasteiger partial charge is 0.172 e. The number of halogens is 2. The van der Waals surface area contributed by atoms with E-state index in [2.05, 4.69) is 34.7 Å². The first-order valence-electron chi connectivity index (χ1n) is 5.93. The molecule has 0 aromatic heterocycles. The second-order valence-corrected chi connectivity index (χ2v) is 5.68. The first-order valence-corrected chi connectivity index (χ1v) is 7.00. The van der Waals surface area contributed by atoms with Crippen LogP contribution in [-0.2, 0) is 11.8 Å². The van der Waals surface area contributed by atoms with Gasteiger partial charge in [-0.2, -0.15) is 10.5 Å². The van der Waals surface area contributed by atoms with Crippen LogP contribution in [0.25, 0.3) is 0 Å². The summed E-state index contributed by atoms with van der Waals surface area (Å²) in [7, 11) is 0. The molecule has 0 aliphatic carbocycles. The fourth-order valence-electron chi connectivity index (χ4n) is 1.98. The highest BCUT2D eigenvalue weighted by Gasteiger charge is 2.32. The predicted octanol–water partition coefficient (Wildman–Crippen LogP) is 3.96. The van der Waals surface area contributed by atoms with E-state index < -0.39 is 5.41 Å². The van der Waals surface area contributed by atoms with Crippen LogP contribution in [0.3, 0.4) is 0 Å². The van der Waals surface area contributed by atoms with Crippen molar-refractivity contribution in [2.24, 2.45) is 0 Å². The van der Waals surface area contributed by atoms with Crippen LogP contribution in [-0.4, -0.2) is 0 Å². The van der Waals surface area contributed by atoms with Gasteiger partial charge >= 0.3 is 0 Å². The zero-order chi connectivity index (χ0) is 14.6. The Morgan fingerprint density at radius 2 is 1.50 bits per heavy atom. The third kappa shape index (κ3) is 2.97. The maximum atomic E-state index is 13.0. The summed E-state index contributed by atoms with van der Waals surface area (Å²) in [5, 5.41) is 18.9. The molecule has 2 nitrogen and oxygen atoms in total. The fraction of sp³-hybridized carbons (Fsp3) is 0.125. The third-order valence-corrected chi connectivity index (χ3v) is 3.82. The molecule has 0 heterocycles. The van der Waals surface area contributed by atoms with Gasteiger partial charge in [0.1, 0.15) is 5.82 Å². The number of benzene rings is 2. The normalized spacial score (nSPS) is 10.6. The van der Waals surface area contributed by atoms with Gasteiger partial charge in [0, 0.05) is 9.99 Å². The molecule has 0 spiro atoms. The molecule has 0 saturated heterocycles. The topological polar surface area (TPSA) is 47.6 Å². The molecule has 4 heteroatoms. The van der Waals surface area contributed by atoms with Crippen LogP contribution < -0.4 is 0 Å². The number of hydrogen-bond acceptors (Lipinski definition) is 2. The maximum Gasteiger partial charge on any atom is 0.172 e. The minimum Gasteiger partial charge on any atom is -0.207 e. The van der Waals surface area contributed by atoms with Gasteiger partial charge in [-0.15, -0.1) is 0 Å². The molecule has 0 atom stereocenters. The number of rotatable bonds is 3. The van der Waals surface area contributed by atoms with E-state index in [1.807, 2.05) is 24.3 Å². The van der Waals surface area contributed by atoms with Gasteiger partial charge in [-0.25, -0.2) is 4.39 Å². The molecule has 0 bridgehead atoms. The monoisotopic (exact) mass is 376 g/mol. The van der Waals surface area contributed by atoms with E-state index in [1.165, 1.54) is 24.3 Å². The van der Waals surface area contributed by atoms with Crippen LogP contribution in [0.5, 0.6) is 0 Å². The number of nitrogens with zero attached hydrogens (tertiary/aromatic N) is 2. The van der Waals surface area contributed by atoms with Gasteiger partial charge in [0.2, 0.25) is 0 Å². The van der Waals surface area contributed by atoms with Crippen LogP contribution in [0.2, 0.25) is 0 Å². The van der Waals surface area contributed by atoms with E-state index in [0.717, 1.165) is 9.13 Å². The molecular weight excluding hydrogens is 366 g/mol. The Balaban J connectivity index is 2.40. The Kier molecular flexibility index (Phi) is 4.36. The number of nitriles is 2. The first-order chi connectivity index (χ1) is 9.59. The molecule has 98 valence electrons. The minimum absolute atomic E-state index is 0.280. The Hall–Kier alpha value is -1.92. The van der Waals surface area contributed by atoms with Gasteiger partial charge in [-0.05, 0) is 58.0 Å². The molecule has 0 fully saturated rings. The standard InChI is InChI=1S/C16H10FIN2/c17-14-5-3-13(4-6-14)16(10-19,11-20)9-12-1-7-15(18)8-2-12/h1-8H,9H2. The van der Waals surface area contributed by atoms with Crippen LogP contribution in [0, 0.1) is 32.0 Å². The molecule has 2 rings (SSSR count). The molecule has 2 aromatic carbocycles. The first kappa shape index (κ1) is 14.5. The van der Waals surface area contributed by atoms with Crippen molar-refractivity contribution in [3.63, 3.8) is 0 Å². The van der Waals surface area contributed by atoms with E-state index in [9.17, 15) is 14.9 Å².